The number of hydrogen-bond acceptors (Lipinski definition) is 2. The van der Waals surface area contributed by atoms with Crippen LogP contribution in [0.1, 0.15) is 181 Å². The highest BCUT2D eigenvalue weighted by molar-refractivity contribution is 5.69. The van der Waals surface area contributed by atoms with Crippen molar-refractivity contribution in [3.8, 4) is 0 Å². The van der Waals surface area contributed by atoms with E-state index in [-0.39, 0.29) is 5.97 Å². The molecule has 0 unspecified atom stereocenters. The highest BCUT2D eigenvalue weighted by atomic mass is 16.5. The molecule has 0 saturated carbocycles. The van der Waals surface area contributed by atoms with Gasteiger partial charge in [0.25, 0.3) is 0 Å². The van der Waals surface area contributed by atoms with Crippen molar-refractivity contribution in [1.82, 2.24) is 0 Å². The van der Waals surface area contributed by atoms with Crippen LogP contribution in [0.3, 0.4) is 0 Å². The summed E-state index contributed by atoms with van der Waals surface area (Å²) < 4.78 is 5.42. The molecule has 38 heavy (non-hydrogen) atoms. The van der Waals surface area contributed by atoms with Crippen molar-refractivity contribution in [2.24, 2.45) is 0 Å². The minimum Gasteiger partial charge on any atom is -0.466 e. The Kier molecular flexibility index (Phi) is 32.6. The second-order valence-corrected chi connectivity index (χ2v) is 11.1. The van der Waals surface area contributed by atoms with Gasteiger partial charge in [-0.3, -0.25) is 4.79 Å². The van der Waals surface area contributed by atoms with Gasteiger partial charge in [-0.1, -0.05) is 140 Å². The third kappa shape index (κ3) is 32.7. The zero-order valence-electron chi connectivity index (χ0n) is 25.9. The molecule has 2 heteroatoms. The molecule has 0 N–H and O–H groups in total. The number of esters is 1. The predicted molar refractivity (Wildman–Crippen MR) is 170 cm³/mol. The molecule has 0 saturated heterocycles. The summed E-state index contributed by atoms with van der Waals surface area (Å²) in [5, 5.41) is 0. The summed E-state index contributed by atoms with van der Waals surface area (Å²) in [4.78, 5) is 11.9. The first-order chi connectivity index (χ1) is 18.8. The van der Waals surface area contributed by atoms with Gasteiger partial charge in [0.15, 0.2) is 0 Å². The van der Waals surface area contributed by atoms with E-state index < -0.39 is 0 Å². The average Bonchev–Trinajstić information content (AvgIpc) is 2.92. The Morgan fingerprint density at radius 2 is 0.816 bits per heavy atom. The fraction of sp³-hybridized carbons (Fsp3) is 0.806. The quantitative estimate of drug-likeness (QED) is 0.0524. The number of unbranched alkanes of at least 4 members (excludes halogenated alkanes) is 20. The Balaban J connectivity index is 3.26. The molecule has 0 heterocycles. The van der Waals surface area contributed by atoms with Crippen LogP contribution in [-0.4, -0.2) is 12.6 Å². The first kappa shape index (κ1) is 36.7. The maximum Gasteiger partial charge on any atom is 0.305 e. The van der Waals surface area contributed by atoms with E-state index in [4.69, 9.17) is 4.74 Å². The van der Waals surface area contributed by atoms with Gasteiger partial charge in [-0.2, -0.15) is 0 Å². The summed E-state index contributed by atoms with van der Waals surface area (Å²) >= 11 is 0. The minimum absolute atomic E-state index is 0.00483. The van der Waals surface area contributed by atoms with Crippen LogP contribution in [-0.2, 0) is 9.53 Å². The Bertz CT molecular complexity index is 546. The van der Waals surface area contributed by atoms with Crippen LogP contribution in [0, 0.1) is 0 Å². The van der Waals surface area contributed by atoms with Crippen molar-refractivity contribution in [2.75, 3.05) is 6.61 Å². The summed E-state index contributed by atoms with van der Waals surface area (Å²) in [7, 11) is 0. The standard InChI is InChI=1S/C36H66O2/c1-3-5-7-9-11-13-15-17-19-21-23-25-27-29-31-33-35-38-36(37)34-32-30-28-26-24-22-20-18-16-14-12-10-8-6-4-2/h11,13,17-20H,3-10,12,14-16,21-35H2,1-2H3/b13-11-,19-17-,20-18-. The van der Waals surface area contributed by atoms with Gasteiger partial charge in [-0.25, -0.2) is 0 Å². The number of ether oxygens (including phenoxy) is 1. The zero-order valence-corrected chi connectivity index (χ0v) is 25.9. The molecule has 0 fully saturated rings. The van der Waals surface area contributed by atoms with Crippen molar-refractivity contribution in [2.45, 2.75) is 181 Å². The van der Waals surface area contributed by atoms with Crippen molar-refractivity contribution in [1.29, 1.82) is 0 Å². The van der Waals surface area contributed by atoms with Gasteiger partial charge in [-0.15, -0.1) is 0 Å². The second-order valence-electron chi connectivity index (χ2n) is 11.1. The molecule has 0 bridgehead atoms. The molecule has 0 radical (unpaired) electrons. The number of carbonyl (C=O) groups excluding carboxylic acids is 1. The lowest BCUT2D eigenvalue weighted by Crippen LogP contribution is -2.05. The lowest BCUT2D eigenvalue weighted by Gasteiger charge is -2.05. The molecule has 0 aliphatic heterocycles. The van der Waals surface area contributed by atoms with Crippen molar-refractivity contribution >= 4 is 5.97 Å². The van der Waals surface area contributed by atoms with E-state index in [1.165, 1.54) is 135 Å². The van der Waals surface area contributed by atoms with Crippen LogP contribution < -0.4 is 0 Å². The number of carbonyl (C=O) groups is 1. The van der Waals surface area contributed by atoms with Crippen LogP contribution in [0.2, 0.25) is 0 Å². The highest BCUT2D eigenvalue weighted by Crippen LogP contribution is 2.11. The van der Waals surface area contributed by atoms with E-state index in [2.05, 4.69) is 50.3 Å². The lowest BCUT2D eigenvalue weighted by atomic mass is 10.1. The normalized spacial score (nSPS) is 11.9. The van der Waals surface area contributed by atoms with Gasteiger partial charge in [0, 0.05) is 6.42 Å². The first-order valence-electron chi connectivity index (χ1n) is 16.9. The minimum atomic E-state index is 0.00483. The Labute approximate surface area is 239 Å². The van der Waals surface area contributed by atoms with Crippen LogP contribution in [0.15, 0.2) is 36.5 Å². The first-order valence-corrected chi connectivity index (χ1v) is 16.9. The number of hydrogen-bond donors (Lipinski definition) is 0. The molecule has 222 valence electrons. The van der Waals surface area contributed by atoms with Gasteiger partial charge in [0.2, 0.25) is 0 Å². The molecular formula is C36H66O2. The Morgan fingerprint density at radius 3 is 1.34 bits per heavy atom. The third-order valence-electron chi connectivity index (χ3n) is 7.25. The van der Waals surface area contributed by atoms with E-state index >= 15 is 0 Å². The summed E-state index contributed by atoms with van der Waals surface area (Å²) in [5.41, 5.74) is 0. The van der Waals surface area contributed by atoms with Crippen molar-refractivity contribution in [3.63, 3.8) is 0 Å². The SMILES string of the molecule is CCCCC/C=C\C/C=C\CCCCCCCCOC(=O)CCCCCCC/C=C\CCCCCCCC. The maximum atomic E-state index is 11.9. The van der Waals surface area contributed by atoms with Gasteiger partial charge >= 0.3 is 5.97 Å². The Morgan fingerprint density at radius 1 is 0.447 bits per heavy atom. The average molecular weight is 531 g/mol. The molecule has 0 aliphatic rings. The molecule has 0 aromatic rings. The second kappa shape index (κ2) is 33.7. The van der Waals surface area contributed by atoms with E-state index in [1.807, 2.05) is 0 Å². The van der Waals surface area contributed by atoms with Crippen molar-refractivity contribution in [3.05, 3.63) is 36.5 Å². The van der Waals surface area contributed by atoms with Gasteiger partial charge < -0.3 is 4.74 Å². The molecule has 0 atom stereocenters. The summed E-state index contributed by atoms with van der Waals surface area (Å²) in [6.07, 6.45) is 46.2. The molecule has 0 aliphatic carbocycles. The third-order valence-corrected chi connectivity index (χ3v) is 7.25. The highest BCUT2D eigenvalue weighted by Gasteiger charge is 2.02. The smallest absolute Gasteiger partial charge is 0.305 e. The van der Waals surface area contributed by atoms with Crippen LogP contribution in [0.4, 0.5) is 0 Å². The molecule has 0 aromatic carbocycles. The van der Waals surface area contributed by atoms with Crippen molar-refractivity contribution < 1.29 is 9.53 Å². The largest absolute Gasteiger partial charge is 0.466 e. The monoisotopic (exact) mass is 531 g/mol. The van der Waals surface area contributed by atoms with E-state index in [1.54, 1.807) is 0 Å². The van der Waals surface area contributed by atoms with Gasteiger partial charge in [-0.05, 0) is 70.6 Å². The zero-order chi connectivity index (χ0) is 27.6. The van der Waals surface area contributed by atoms with E-state index in [0.717, 1.165) is 25.7 Å². The predicted octanol–water partition coefficient (Wildman–Crippen LogP) is 12.4. The van der Waals surface area contributed by atoms with Crippen LogP contribution >= 0.6 is 0 Å². The molecule has 0 spiro atoms. The molecule has 0 amide bonds. The van der Waals surface area contributed by atoms with E-state index in [9.17, 15) is 4.79 Å². The van der Waals surface area contributed by atoms with Crippen LogP contribution in [0.5, 0.6) is 0 Å². The molecular weight excluding hydrogens is 464 g/mol. The molecule has 0 aromatic heterocycles. The fourth-order valence-corrected chi connectivity index (χ4v) is 4.69. The van der Waals surface area contributed by atoms with Crippen LogP contribution in [0.25, 0.3) is 0 Å². The lowest BCUT2D eigenvalue weighted by molar-refractivity contribution is -0.143. The summed E-state index contributed by atoms with van der Waals surface area (Å²) in [6, 6.07) is 0. The van der Waals surface area contributed by atoms with Gasteiger partial charge in [0.1, 0.15) is 0 Å². The maximum absolute atomic E-state index is 11.9. The topological polar surface area (TPSA) is 26.3 Å². The Hall–Kier alpha value is -1.31. The molecule has 2 nitrogen and oxygen atoms in total. The molecule has 0 rings (SSSR count). The summed E-state index contributed by atoms with van der Waals surface area (Å²) in [6.45, 7) is 5.14. The van der Waals surface area contributed by atoms with Gasteiger partial charge in [0.05, 0.1) is 6.61 Å². The number of allylic oxidation sites excluding steroid dienone is 6. The fourth-order valence-electron chi connectivity index (χ4n) is 4.69. The van der Waals surface area contributed by atoms with E-state index in [0.29, 0.717) is 13.0 Å². The number of rotatable bonds is 30. The summed E-state index contributed by atoms with van der Waals surface area (Å²) in [5.74, 6) is 0.00483.